The maximum Gasteiger partial charge on any atom is 0.228 e. The van der Waals surface area contributed by atoms with Crippen molar-refractivity contribution >= 4 is 28.0 Å². The van der Waals surface area contributed by atoms with Crippen molar-refractivity contribution in [1.29, 1.82) is 0 Å². The molecular weight excluding hydrogens is 262 g/mol. The van der Waals surface area contributed by atoms with E-state index in [9.17, 15) is 9.59 Å². The van der Waals surface area contributed by atoms with Crippen LogP contribution in [0.3, 0.4) is 0 Å². The van der Waals surface area contributed by atoms with Gasteiger partial charge in [0.1, 0.15) is 5.00 Å². The Morgan fingerprint density at radius 2 is 2.21 bits per heavy atom. The van der Waals surface area contributed by atoms with E-state index in [1.54, 1.807) is 11.0 Å². The Hall–Kier alpha value is -1.20. The Morgan fingerprint density at radius 3 is 2.74 bits per heavy atom. The first kappa shape index (κ1) is 14.2. The first-order chi connectivity index (χ1) is 8.84. The molecular formula is C14H19NO3S. The third kappa shape index (κ3) is 2.72. The van der Waals surface area contributed by atoms with E-state index in [1.165, 1.54) is 11.3 Å². The van der Waals surface area contributed by atoms with Crippen LogP contribution in [0.4, 0.5) is 5.00 Å². The lowest BCUT2D eigenvalue weighted by molar-refractivity contribution is -0.117. The van der Waals surface area contributed by atoms with Gasteiger partial charge in [-0.15, -0.1) is 11.3 Å². The summed E-state index contributed by atoms with van der Waals surface area (Å²) in [5.74, 6) is 0.0145. The maximum atomic E-state index is 12.4. The van der Waals surface area contributed by atoms with Gasteiger partial charge in [-0.05, 0) is 11.4 Å². The first-order valence-electron chi connectivity index (χ1n) is 6.38. The van der Waals surface area contributed by atoms with Crippen molar-refractivity contribution < 1.29 is 14.7 Å². The monoisotopic (exact) mass is 281 g/mol. The molecule has 1 amide bonds. The summed E-state index contributed by atoms with van der Waals surface area (Å²) in [7, 11) is 0. The van der Waals surface area contributed by atoms with Crippen LogP contribution >= 0.6 is 11.3 Å². The molecule has 1 atom stereocenters. The zero-order valence-corrected chi connectivity index (χ0v) is 12.3. The molecule has 2 heterocycles. The molecule has 1 fully saturated rings. The SMILES string of the molecule is CC(C)(C)C(=O)c1ccsc1N1CC(CO)CC1=O. The Balaban J connectivity index is 2.31. The van der Waals surface area contributed by atoms with Crippen molar-refractivity contribution in [3.8, 4) is 0 Å². The third-order valence-electron chi connectivity index (χ3n) is 3.28. The molecule has 0 spiro atoms. The molecule has 0 radical (unpaired) electrons. The number of rotatable bonds is 3. The van der Waals surface area contributed by atoms with Crippen LogP contribution in [0.2, 0.25) is 0 Å². The normalized spacial score (nSPS) is 20.1. The molecule has 0 aliphatic carbocycles. The second-order valence-electron chi connectivity index (χ2n) is 5.98. The molecule has 1 aromatic heterocycles. The standard InChI is InChI=1S/C14H19NO3S/c1-14(2,3)12(18)10-4-5-19-13(10)15-7-9(8-16)6-11(15)17/h4-5,9,16H,6-8H2,1-3H3. The molecule has 1 aliphatic rings. The molecule has 104 valence electrons. The summed E-state index contributed by atoms with van der Waals surface area (Å²) in [5, 5.41) is 11.7. The van der Waals surface area contributed by atoms with Crippen LogP contribution in [0.25, 0.3) is 0 Å². The van der Waals surface area contributed by atoms with Crippen LogP contribution in [0.15, 0.2) is 11.4 Å². The number of nitrogens with zero attached hydrogens (tertiary/aromatic N) is 1. The molecule has 0 saturated carbocycles. The van der Waals surface area contributed by atoms with Gasteiger partial charge in [0, 0.05) is 30.9 Å². The fourth-order valence-corrected chi connectivity index (χ4v) is 3.11. The molecule has 1 saturated heterocycles. The van der Waals surface area contributed by atoms with Crippen LogP contribution in [-0.2, 0) is 4.79 Å². The number of Topliss-reactive ketones (excluding diaryl/α,β-unsaturated/α-hetero) is 1. The van der Waals surface area contributed by atoms with Gasteiger partial charge < -0.3 is 10.0 Å². The summed E-state index contributed by atoms with van der Waals surface area (Å²) in [6, 6.07) is 1.78. The number of carbonyl (C=O) groups is 2. The Kier molecular flexibility index (Phi) is 3.78. The van der Waals surface area contributed by atoms with Gasteiger partial charge in [-0.3, -0.25) is 9.59 Å². The number of anilines is 1. The smallest absolute Gasteiger partial charge is 0.228 e. The molecule has 1 aliphatic heterocycles. The van der Waals surface area contributed by atoms with Crippen molar-refractivity contribution in [1.82, 2.24) is 0 Å². The van der Waals surface area contributed by atoms with Gasteiger partial charge in [0.15, 0.2) is 5.78 Å². The zero-order chi connectivity index (χ0) is 14.2. The van der Waals surface area contributed by atoms with E-state index in [-0.39, 0.29) is 24.2 Å². The van der Waals surface area contributed by atoms with Crippen LogP contribution in [0.1, 0.15) is 37.6 Å². The number of amides is 1. The predicted octanol–water partition coefficient (Wildman–Crippen LogP) is 2.32. The molecule has 2 rings (SSSR count). The van der Waals surface area contributed by atoms with Crippen LogP contribution in [0.5, 0.6) is 0 Å². The minimum absolute atomic E-state index is 0.00976. The summed E-state index contributed by atoms with van der Waals surface area (Å²) in [4.78, 5) is 26.0. The summed E-state index contributed by atoms with van der Waals surface area (Å²) in [6.07, 6.45) is 0.359. The Morgan fingerprint density at radius 1 is 1.53 bits per heavy atom. The number of carbonyl (C=O) groups excluding carboxylic acids is 2. The largest absolute Gasteiger partial charge is 0.396 e. The highest BCUT2D eigenvalue weighted by Crippen LogP contribution is 2.36. The molecule has 19 heavy (non-hydrogen) atoms. The van der Waals surface area contributed by atoms with E-state index in [1.807, 2.05) is 26.2 Å². The van der Waals surface area contributed by atoms with Crippen molar-refractivity contribution in [2.75, 3.05) is 18.1 Å². The summed E-state index contributed by atoms with van der Waals surface area (Å²) in [5.41, 5.74) is 0.152. The average Bonchev–Trinajstić information content (AvgIpc) is 2.92. The Labute approximate surface area is 117 Å². The number of hydrogen-bond acceptors (Lipinski definition) is 4. The quantitative estimate of drug-likeness (QED) is 0.865. The lowest BCUT2D eigenvalue weighted by Gasteiger charge is -2.20. The summed E-state index contributed by atoms with van der Waals surface area (Å²) in [6.45, 7) is 6.13. The maximum absolute atomic E-state index is 12.4. The molecule has 1 N–H and O–H groups in total. The topological polar surface area (TPSA) is 57.6 Å². The number of ketones is 1. The Bertz CT molecular complexity index is 501. The van der Waals surface area contributed by atoms with Gasteiger partial charge in [-0.25, -0.2) is 0 Å². The number of aliphatic hydroxyl groups excluding tert-OH is 1. The van der Waals surface area contributed by atoms with Gasteiger partial charge in [0.2, 0.25) is 5.91 Å². The molecule has 5 heteroatoms. The lowest BCUT2D eigenvalue weighted by Crippen LogP contribution is -2.28. The van der Waals surface area contributed by atoms with E-state index >= 15 is 0 Å². The summed E-state index contributed by atoms with van der Waals surface area (Å²) >= 11 is 1.41. The van der Waals surface area contributed by atoms with Crippen molar-refractivity contribution in [3.05, 3.63) is 17.0 Å². The fourth-order valence-electron chi connectivity index (χ4n) is 2.19. The van der Waals surface area contributed by atoms with E-state index in [4.69, 9.17) is 5.11 Å². The van der Waals surface area contributed by atoms with E-state index < -0.39 is 5.41 Å². The van der Waals surface area contributed by atoms with E-state index in [0.29, 0.717) is 18.5 Å². The highest BCUT2D eigenvalue weighted by molar-refractivity contribution is 7.14. The fraction of sp³-hybridized carbons (Fsp3) is 0.571. The minimum atomic E-state index is -0.463. The molecule has 4 nitrogen and oxygen atoms in total. The second-order valence-corrected chi connectivity index (χ2v) is 6.87. The van der Waals surface area contributed by atoms with Crippen molar-refractivity contribution in [2.45, 2.75) is 27.2 Å². The van der Waals surface area contributed by atoms with E-state index in [2.05, 4.69) is 0 Å². The molecule has 0 bridgehead atoms. The van der Waals surface area contributed by atoms with Crippen LogP contribution in [0, 0.1) is 11.3 Å². The van der Waals surface area contributed by atoms with Gasteiger partial charge in [0.05, 0.1) is 5.56 Å². The third-order valence-corrected chi connectivity index (χ3v) is 4.21. The van der Waals surface area contributed by atoms with Gasteiger partial charge in [-0.2, -0.15) is 0 Å². The van der Waals surface area contributed by atoms with Crippen LogP contribution in [-0.4, -0.2) is 29.9 Å². The molecule has 1 unspecified atom stereocenters. The van der Waals surface area contributed by atoms with E-state index in [0.717, 1.165) is 5.00 Å². The minimum Gasteiger partial charge on any atom is -0.396 e. The number of thiophene rings is 1. The average molecular weight is 281 g/mol. The van der Waals surface area contributed by atoms with Crippen molar-refractivity contribution in [2.24, 2.45) is 11.3 Å². The number of aliphatic hydroxyl groups is 1. The zero-order valence-electron chi connectivity index (χ0n) is 11.5. The van der Waals surface area contributed by atoms with Gasteiger partial charge >= 0.3 is 0 Å². The number of hydrogen-bond donors (Lipinski definition) is 1. The first-order valence-corrected chi connectivity index (χ1v) is 7.26. The highest BCUT2D eigenvalue weighted by atomic mass is 32.1. The lowest BCUT2D eigenvalue weighted by atomic mass is 9.87. The second kappa shape index (κ2) is 5.06. The summed E-state index contributed by atoms with van der Waals surface area (Å²) < 4.78 is 0. The predicted molar refractivity (Wildman–Crippen MR) is 75.7 cm³/mol. The molecule has 1 aromatic rings. The van der Waals surface area contributed by atoms with Gasteiger partial charge in [0.25, 0.3) is 0 Å². The van der Waals surface area contributed by atoms with Crippen molar-refractivity contribution in [3.63, 3.8) is 0 Å². The van der Waals surface area contributed by atoms with Gasteiger partial charge in [-0.1, -0.05) is 20.8 Å². The highest BCUT2D eigenvalue weighted by Gasteiger charge is 2.34. The molecule has 0 aromatic carbocycles. The van der Waals surface area contributed by atoms with Crippen LogP contribution < -0.4 is 4.90 Å².